The maximum atomic E-state index is 12.2. The molecule has 3 N–H and O–H groups in total. The summed E-state index contributed by atoms with van der Waals surface area (Å²) >= 11 is 0. The molecule has 9 nitrogen and oxygen atoms in total. The van der Waals surface area contributed by atoms with Crippen molar-refractivity contribution in [1.29, 1.82) is 0 Å². The van der Waals surface area contributed by atoms with Crippen LogP contribution in [0.25, 0.3) is 10.9 Å². The van der Waals surface area contributed by atoms with Gasteiger partial charge in [-0.05, 0) is 92.9 Å². The molecule has 0 atom stereocenters. The Morgan fingerprint density at radius 1 is 1.07 bits per heavy atom. The van der Waals surface area contributed by atoms with Gasteiger partial charge in [-0.2, -0.15) is 0 Å². The fourth-order valence-electron chi connectivity index (χ4n) is 5.10. The quantitative estimate of drug-likeness (QED) is 0.200. The van der Waals surface area contributed by atoms with E-state index in [1.165, 1.54) is 0 Å². The molecule has 2 aromatic carbocycles. The second-order valence-electron chi connectivity index (χ2n) is 12.1. The van der Waals surface area contributed by atoms with Crippen LogP contribution in [0.5, 0.6) is 23.0 Å². The number of urea groups is 1. The molecule has 42 heavy (non-hydrogen) atoms. The van der Waals surface area contributed by atoms with Crippen molar-refractivity contribution < 1.29 is 24.1 Å². The van der Waals surface area contributed by atoms with E-state index in [4.69, 9.17) is 14.2 Å². The van der Waals surface area contributed by atoms with Crippen molar-refractivity contribution in [2.45, 2.75) is 52.9 Å². The molecule has 1 aliphatic rings. The molecule has 1 aliphatic heterocycles. The van der Waals surface area contributed by atoms with Gasteiger partial charge in [0.15, 0.2) is 11.5 Å². The lowest BCUT2D eigenvalue weighted by Crippen LogP contribution is -2.35. The Balaban J connectivity index is 1.34. The van der Waals surface area contributed by atoms with Crippen molar-refractivity contribution in [2.24, 2.45) is 11.3 Å². The van der Waals surface area contributed by atoms with Crippen molar-refractivity contribution in [3.63, 3.8) is 0 Å². The average molecular weight is 579 g/mol. The summed E-state index contributed by atoms with van der Waals surface area (Å²) in [7, 11) is 1.63. The maximum Gasteiger partial charge on any atom is 0.319 e. The van der Waals surface area contributed by atoms with Crippen molar-refractivity contribution in [2.75, 3.05) is 51.8 Å². The van der Waals surface area contributed by atoms with Gasteiger partial charge in [-0.1, -0.05) is 20.8 Å². The van der Waals surface area contributed by atoms with Crippen molar-refractivity contribution in [3.05, 3.63) is 48.7 Å². The summed E-state index contributed by atoms with van der Waals surface area (Å²) in [6.45, 7) is 11.1. The second kappa shape index (κ2) is 15.1. The lowest BCUT2D eigenvalue weighted by atomic mass is 9.92. The summed E-state index contributed by atoms with van der Waals surface area (Å²) in [5.41, 5.74) is 1.60. The highest BCUT2D eigenvalue weighted by molar-refractivity contribution is 5.89. The first-order valence-corrected chi connectivity index (χ1v) is 15.0. The summed E-state index contributed by atoms with van der Waals surface area (Å²) in [4.78, 5) is 19.2. The number of carbonyl (C=O) groups excluding carboxylic acids is 1. The number of pyridine rings is 1. The van der Waals surface area contributed by atoms with Gasteiger partial charge < -0.3 is 34.9 Å². The van der Waals surface area contributed by atoms with Crippen LogP contribution >= 0.6 is 0 Å². The number of benzene rings is 2. The molecular formula is C33H46N4O5. The SMILES string of the molecule is COc1cc2nccc(Oc3ccc(NC(=O)NCCC(C)(C)C)cc3)c2cc1OCCCN1CCC(CCO)CC1. The van der Waals surface area contributed by atoms with E-state index in [0.29, 0.717) is 47.8 Å². The molecule has 3 aromatic rings. The second-order valence-corrected chi connectivity index (χ2v) is 12.1. The van der Waals surface area contributed by atoms with E-state index in [2.05, 4.69) is 41.3 Å². The molecule has 228 valence electrons. The van der Waals surface area contributed by atoms with Gasteiger partial charge in [-0.25, -0.2) is 4.79 Å². The average Bonchev–Trinajstić information content (AvgIpc) is 2.96. The summed E-state index contributed by atoms with van der Waals surface area (Å²) in [5.74, 6) is 3.23. The number of rotatable bonds is 13. The Morgan fingerprint density at radius 2 is 1.83 bits per heavy atom. The van der Waals surface area contributed by atoms with E-state index in [1.807, 2.05) is 42.5 Å². The number of aromatic nitrogens is 1. The molecule has 2 heterocycles. The zero-order valence-electron chi connectivity index (χ0n) is 25.4. The van der Waals surface area contributed by atoms with E-state index in [-0.39, 0.29) is 18.1 Å². The van der Waals surface area contributed by atoms with Crippen molar-refractivity contribution in [3.8, 4) is 23.0 Å². The highest BCUT2D eigenvalue weighted by atomic mass is 16.5. The smallest absolute Gasteiger partial charge is 0.319 e. The Bertz CT molecular complexity index is 1280. The topological polar surface area (TPSA) is 105 Å². The number of hydrogen-bond acceptors (Lipinski definition) is 7. The predicted octanol–water partition coefficient (Wildman–Crippen LogP) is 6.46. The van der Waals surface area contributed by atoms with Gasteiger partial charge in [0.2, 0.25) is 0 Å². The number of piperidine rings is 1. The number of carbonyl (C=O) groups is 1. The van der Waals surface area contributed by atoms with E-state index in [9.17, 15) is 9.90 Å². The standard InChI is InChI=1S/C33H46N4O5/c1-33(2,3)14-16-35-32(39)36-25-6-8-26(9-7-25)42-29-10-15-34-28-23-30(40-4)31(22-27(28)29)41-21-5-17-37-18-11-24(12-19-37)13-20-38/h6-10,15,22-24,38H,5,11-14,16-21H2,1-4H3,(H2,35,36,39). The minimum absolute atomic E-state index is 0.167. The van der Waals surface area contributed by atoms with Crippen LogP contribution in [0, 0.1) is 11.3 Å². The molecule has 1 saturated heterocycles. The summed E-state index contributed by atoms with van der Waals surface area (Å²) in [5, 5.41) is 15.8. The van der Waals surface area contributed by atoms with E-state index in [0.717, 1.165) is 62.6 Å². The van der Waals surface area contributed by atoms with Crippen LogP contribution < -0.4 is 24.8 Å². The third kappa shape index (κ3) is 9.49. The van der Waals surface area contributed by atoms with Crippen molar-refractivity contribution >= 4 is 22.6 Å². The molecule has 0 bridgehead atoms. The van der Waals surface area contributed by atoms with Gasteiger partial charge in [0.05, 0.1) is 19.2 Å². The number of ether oxygens (including phenoxy) is 3. The summed E-state index contributed by atoms with van der Waals surface area (Å²) < 4.78 is 18.0. The van der Waals surface area contributed by atoms with Crippen LogP contribution in [-0.4, -0.2) is 67.5 Å². The maximum absolute atomic E-state index is 12.2. The highest BCUT2D eigenvalue weighted by Crippen LogP contribution is 2.37. The molecule has 0 aliphatic carbocycles. The van der Waals surface area contributed by atoms with Gasteiger partial charge in [0.25, 0.3) is 0 Å². The summed E-state index contributed by atoms with van der Waals surface area (Å²) in [6, 6.07) is 12.7. The van der Waals surface area contributed by atoms with Crippen LogP contribution in [0.15, 0.2) is 48.7 Å². The molecule has 1 fully saturated rings. The van der Waals surface area contributed by atoms with Gasteiger partial charge >= 0.3 is 6.03 Å². The first-order valence-electron chi connectivity index (χ1n) is 15.0. The zero-order chi connectivity index (χ0) is 30.0. The minimum Gasteiger partial charge on any atom is -0.493 e. The number of fused-ring (bicyclic) bond motifs is 1. The molecule has 2 amide bonds. The lowest BCUT2D eigenvalue weighted by molar-refractivity contribution is 0.150. The first-order chi connectivity index (χ1) is 20.2. The van der Waals surface area contributed by atoms with E-state index >= 15 is 0 Å². The minimum atomic E-state index is -0.225. The number of nitrogens with one attached hydrogen (secondary N) is 2. The highest BCUT2D eigenvalue weighted by Gasteiger charge is 2.19. The Kier molecular flexibility index (Phi) is 11.3. The van der Waals surface area contributed by atoms with E-state index in [1.54, 1.807) is 13.3 Å². The predicted molar refractivity (Wildman–Crippen MR) is 167 cm³/mol. The third-order valence-corrected chi connectivity index (χ3v) is 7.61. The van der Waals surface area contributed by atoms with E-state index < -0.39 is 0 Å². The number of nitrogens with zero attached hydrogens (tertiary/aromatic N) is 2. The van der Waals surface area contributed by atoms with Gasteiger partial charge in [-0.3, -0.25) is 4.98 Å². The van der Waals surface area contributed by atoms with Crippen LogP contribution in [0.3, 0.4) is 0 Å². The monoisotopic (exact) mass is 578 g/mol. The molecule has 4 rings (SSSR count). The van der Waals surface area contributed by atoms with Crippen LogP contribution in [0.2, 0.25) is 0 Å². The lowest BCUT2D eigenvalue weighted by Gasteiger charge is -2.31. The normalized spacial score (nSPS) is 14.5. The molecule has 0 spiro atoms. The Hall–Kier alpha value is -3.56. The van der Waals surface area contributed by atoms with Crippen molar-refractivity contribution in [1.82, 2.24) is 15.2 Å². The van der Waals surface area contributed by atoms with Gasteiger partial charge in [0.1, 0.15) is 11.5 Å². The largest absolute Gasteiger partial charge is 0.493 e. The third-order valence-electron chi connectivity index (χ3n) is 7.61. The number of likely N-dealkylation sites (tertiary alicyclic amines) is 1. The van der Waals surface area contributed by atoms with Crippen LogP contribution in [0.1, 0.15) is 52.9 Å². The van der Waals surface area contributed by atoms with Gasteiger partial charge in [-0.15, -0.1) is 0 Å². The summed E-state index contributed by atoms with van der Waals surface area (Å²) in [6.07, 6.45) is 6.75. The number of aliphatic hydroxyl groups is 1. The molecule has 0 radical (unpaired) electrons. The first kappa shape index (κ1) is 31.4. The fraction of sp³-hybridized carbons (Fsp3) is 0.515. The number of anilines is 1. The van der Waals surface area contributed by atoms with Crippen LogP contribution in [-0.2, 0) is 0 Å². The molecular weight excluding hydrogens is 532 g/mol. The zero-order valence-corrected chi connectivity index (χ0v) is 25.4. The number of amides is 2. The Morgan fingerprint density at radius 3 is 2.52 bits per heavy atom. The molecule has 1 aromatic heterocycles. The fourth-order valence-corrected chi connectivity index (χ4v) is 5.10. The Labute approximate surface area is 249 Å². The van der Waals surface area contributed by atoms with Gasteiger partial charge in [0, 0.05) is 43.0 Å². The number of aliphatic hydroxyl groups excluding tert-OH is 1. The number of hydrogen-bond donors (Lipinski definition) is 3. The molecule has 0 saturated carbocycles. The molecule has 0 unspecified atom stereocenters. The number of methoxy groups -OCH3 is 1. The molecule has 9 heteroatoms. The van der Waals surface area contributed by atoms with Crippen LogP contribution in [0.4, 0.5) is 10.5 Å².